The standard InChI is InChI=1S/C16H21NO2/c1-5-17-10-11(2)14-12(7-6-8-13(14)17)9-16(3,4)15(18)19/h6-8,10H,5,9H2,1-4H3,(H,18,19). The number of fused-ring (bicyclic) bond motifs is 1. The van der Waals surface area contributed by atoms with Gasteiger partial charge in [0.25, 0.3) is 0 Å². The van der Waals surface area contributed by atoms with Crippen molar-refractivity contribution < 1.29 is 9.90 Å². The van der Waals surface area contributed by atoms with Crippen molar-refractivity contribution in [2.24, 2.45) is 5.41 Å². The first kappa shape index (κ1) is 13.7. The summed E-state index contributed by atoms with van der Waals surface area (Å²) >= 11 is 0. The molecular weight excluding hydrogens is 238 g/mol. The molecule has 3 heteroatoms. The van der Waals surface area contributed by atoms with Gasteiger partial charge in [0.2, 0.25) is 0 Å². The van der Waals surface area contributed by atoms with Crippen molar-refractivity contribution in [2.75, 3.05) is 0 Å². The molecule has 0 saturated heterocycles. The second-order valence-corrected chi connectivity index (χ2v) is 5.78. The number of aromatic nitrogens is 1. The lowest BCUT2D eigenvalue weighted by Gasteiger charge is -2.19. The normalized spacial score (nSPS) is 12.0. The fourth-order valence-electron chi connectivity index (χ4n) is 2.61. The van der Waals surface area contributed by atoms with E-state index in [0.29, 0.717) is 6.42 Å². The number of nitrogens with zero attached hydrogens (tertiary/aromatic N) is 1. The van der Waals surface area contributed by atoms with E-state index in [0.717, 1.165) is 12.1 Å². The molecule has 1 aromatic heterocycles. The van der Waals surface area contributed by atoms with Crippen LogP contribution in [0, 0.1) is 12.3 Å². The summed E-state index contributed by atoms with van der Waals surface area (Å²) in [6.07, 6.45) is 2.69. The van der Waals surface area contributed by atoms with Gasteiger partial charge in [-0.25, -0.2) is 0 Å². The lowest BCUT2D eigenvalue weighted by molar-refractivity contribution is -0.146. The number of carbonyl (C=O) groups is 1. The molecule has 0 atom stereocenters. The summed E-state index contributed by atoms with van der Waals surface area (Å²) in [5.41, 5.74) is 2.79. The van der Waals surface area contributed by atoms with E-state index in [-0.39, 0.29) is 0 Å². The molecule has 0 saturated carbocycles. The first-order chi connectivity index (χ1) is 8.86. The quantitative estimate of drug-likeness (QED) is 0.911. The molecule has 1 aromatic carbocycles. The Kier molecular flexibility index (Phi) is 3.40. The van der Waals surface area contributed by atoms with Crippen molar-refractivity contribution >= 4 is 16.9 Å². The van der Waals surface area contributed by atoms with Gasteiger partial charge in [-0.15, -0.1) is 0 Å². The van der Waals surface area contributed by atoms with Crippen LogP contribution < -0.4 is 0 Å². The van der Waals surface area contributed by atoms with Gasteiger partial charge in [-0.1, -0.05) is 12.1 Å². The highest BCUT2D eigenvalue weighted by Gasteiger charge is 2.28. The highest BCUT2D eigenvalue weighted by molar-refractivity contribution is 5.88. The van der Waals surface area contributed by atoms with E-state index in [1.807, 2.05) is 12.1 Å². The average Bonchev–Trinajstić information content (AvgIpc) is 2.66. The van der Waals surface area contributed by atoms with E-state index in [9.17, 15) is 9.90 Å². The second-order valence-electron chi connectivity index (χ2n) is 5.78. The zero-order valence-corrected chi connectivity index (χ0v) is 12.0. The van der Waals surface area contributed by atoms with Gasteiger partial charge in [0.15, 0.2) is 0 Å². The first-order valence-corrected chi connectivity index (χ1v) is 6.67. The van der Waals surface area contributed by atoms with E-state index in [1.54, 1.807) is 13.8 Å². The number of aliphatic carboxylic acids is 1. The molecule has 0 bridgehead atoms. The van der Waals surface area contributed by atoms with E-state index in [4.69, 9.17) is 0 Å². The maximum atomic E-state index is 11.3. The second kappa shape index (κ2) is 4.72. The molecule has 3 nitrogen and oxygen atoms in total. The van der Waals surface area contributed by atoms with Gasteiger partial charge in [0.1, 0.15) is 0 Å². The summed E-state index contributed by atoms with van der Waals surface area (Å²) in [4.78, 5) is 11.3. The molecule has 0 radical (unpaired) electrons. The fraction of sp³-hybridized carbons (Fsp3) is 0.438. The van der Waals surface area contributed by atoms with Crippen LogP contribution in [-0.2, 0) is 17.8 Å². The Balaban J connectivity index is 2.56. The van der Waals surface area contributed by atoms with Gasteiger partial charge in [-0.05, 0) is 51.3 Å². The third kappa shape index (κ3) is 2.37. The summed E-state index contributed by atoms with van der Waals surface area (Å²) in [6, 6.07) is 6.16. The van der Waals surface area contributed by atoms with Crippen molar-refractivity contribution in [3.05, 3.63) is 35.5 Å². The highest BCUT2D eigenvalue weighted by Crippen LogP contribution is 2.30. The SMILES string of the molecule is CCn1cc(C)c2c(CC(C)(C)C(=O)O)cccc21. The molecule has 19 heavy (non-hydrogen) atoms. The Hall–Kier alpha value is -1.77. The molecule has 2 rings (SSSR count). The van der Waals surface area contributed by atoms with Gasteiger partial charge in [-0.2, -0.15) is 0 Å². The molecule has 0 fully saturated rings. The first-order valence-electron chi connectivity index (χ1n) is 6.67. The fourth-order valence-corrected chi connectivity index (χ4v) is 2.61. The summed E-state index contributed by atoms with van der Waals surface area (Å²) in [5.74, 6) is -0.753. The van der Waals surface area contributed by atoms with Gasteiger partial charge in [-0.3, -0.25) is 4.79 Å². The van der Waals surface area contributed by atoms with Gasteiger partial charge in [0.05, 0.1) is 5.41 Å². The molecular formula is C16H21NO2. The largest absolute Gasteiger partial charge is 0.481 e. The van der Waals surface area contributed by atoms with Crippen LogP contribution in [0.25, 0.3) is 10.9 Å². The average molecular weight is 259 g/mol. The molecule has 0 aliphatic heterocycles. The molecule has 0 spiro atoms. The highest BCUT2D eigenvalue weighted by atomic mass is 16.4. The molecule has 0 aliphatic rings. The number of carboxylic acid groups (broad SMARTS) is 1. The number of aryl methyl sites for hydroxylation is 2. The Morgan fingerprint density at radius 3 is 2.63 bits per heavy atom. The van der Waals surface area contributed by atoms with Crippen molar-refractivity contribution in [3.63, 3.8) is 0 Å². The number of carboxylic acids is 1. The van der Waals surface area contributed by atoms with Gasteiger partial charge < -0.3 is 9.67 Å². The van der Waals surface area contributed by atoms with Crippen LogP contribution in [0.15, 0.2) is 24.4 Å². The maximum absolute atomic E-state index is 11.3. The van der Waals surface area contributed by atoms with E-state index < -0.39 is 11.4 Å². The third-order valence-electron chi connectivity index (χ3n) is 3.73. The molecule has 0 aliphatic carbocycles. The summed E-state index contributed by atoms with van der Waals surface area (Å²) < 4.78 is 2.21. The lowest BCUT2D eigenvalue weighted by atomic mass is 9.84. The number of hydrogen-bond donors (Lipinski definition) is 1. The topological polar surface area (TPSA) is 42.2 Å². The predicted molar refractivity (Wildman–Crippen MR) is 77.5 cm³/mol. The van der Waals surface area contributed by atoms with Crippen molar-refractivity contribution in [3.8, 4) is 0 Å². The van der Waals surface area contributed by atoms with Crippen LogP contribution in [0.5, 0.6) is 0 Å². The summed E-state index contributed by atoms with van der Waals surface area (Å²) in [7, 11) is 0. The van der Waals surface area contributed by atoms with Crippen molar-refractivity contribution in [2.45, 2.75) is 40.7 Å². The minimum absolute atomic E-state index is 0.550. The monoisotopic (exact) mass is 259 g/mol. The Labute approximate surface area is 113 Å². The Morgan fingerprint density at radius 1 is 1.37 bits per heavy atom. The van der Waals surface area contributed by atoms with E-state index in [1.165, 1.54) is 16.5 Å². The zero-order chi connectivity index (χ0) is 14.2. The predicted octanol–water partition coefficient (Wildman–Crippen LogP) is 3.62. The van der Waals surface area contributed by atoms with Crippen LogP contribution in [-0.4, -0.2) is 15.6 Å². The van der Waals surface area contributed by atoms with E-state index >= 15 is 0 Å². The molecule has 0 unspecified atom stereocenters. The molecule has 2 aromatic rings. The summed E-state index contributed by atoms with van der Waals surface area (Å²) in [6.45, 7) is 8.69. The third-order valence-corrected chi connectivity index (χ3v) is 3.73. The molecule has 0 amide bonds. The number of hydrogen-bond acceptors (Lipinski definition) is 1. The molecule has 1 heterocycles. The summed E-state index contributed by atoms with van der Waals surface area (Å²) in [5, 5.41) is 10.5. The van der Waals surface area contributed by atoms with Crippen LogP contribution >= 0.6 is 0 Å². The minimum Gasteiger partial charge on any atom is -0.481 e. The van der Waals surface area contributed by atoms with Crippen molar-refractivity contribution in [1.82, 2.24) is 4.57 Å². The van der Waals surface area contributed by atoms with Crippen LogP contribution in [0.4, 0.5) is 0 Å². The smallest absolute Gasteiger partial charge is 0.309 e. The Bertz CT molecular complexity index is 623. The Morgan fingerprint density at radius 2 is 2.05 bits per heavy atom. The van der Waals surface area contributed by atoms with Crippen LogP contribution in [0.3, 0.4) is 0 Å². The van der Waals surface area contributed by atoms with Crippen LogP contribution in [0.2, 0.25) is 0 Å². The van der Waals surface area contributed by atoms with Crippen LogP contribution in [0.1, 0.15) is 31.9 Å². The molecule has 102 valence electrons. The number of rotatable bonds is 4. The molecule has 1 N–H and O–H groups in total. The lowest BCUT2D eigenvalue weighted by Crippen LogP contribution is -2.26. The van der Waals surface area contributed by atoms with Gasteiger partial charge in [0, 0.05) is 23.6 Å². The van der Waals surface area contributed by atoms with Crippen molar-refractivity contribution in [1.29, 1.82) is 0 Å². The maximum Gasteiger partial charge on any atom is 0.309 e. The van der Waals surface area contributed by atoms with Gasteiger partial charge >= 0.3 is 5.97 Å². The number of benzene rings is 1. The zero-order valence-electron chi connectivity index (χ0n) is 12.0. The minimum atomic E-state index is -0.753. The van der Waals surface area contributed by atoms with E-state index in [2.05, 4.69) is 30.7 Å².